The van der Waals surface area contributed by atoms with Crippen molar-refractivity contribution in [3.8, 4) is 0 Å². The predicted molar refractivity (Wildman–Crippen MR) is 30.6 cm³/mol. The van der Waals surface area contributed by atoms with Gasteiger partial charge in [0.25, 0.3) is 0 Å². The van der Waals surface area contributed by atoms with Gasteiger partial charge in [0.05, 0.1) is 6.10 Å². The van der Waals surface area contributed by atoms with Gasteiger partial charge in [-0.2, -0.15) is 0 Å². The smallest absolute Gasteiger partial charge is 0.0707 e. The van der Waals surface area contributed by atoms with Crippen molar-refractivity contribution in [2.75, 3.05) is 19.6 Å². The van der Waals surface area contributed by atoms with Crippen molar-refractivity contribution in [1.82, 2.24) is 4.90 Å². The molecule has 0 aliphatic carbocycles. The molecule has 2 aliphatic rings. The number of hydrogen-bond donors (Lipinski definition) is 1. The summed E-state index contributed by atoms with van der Waals surface area (Å²) in [4.78, 5) is 2.33. The molecule has 0 aromatic heterocycles. The Morgan fingerprint density at radius 2 is 2.25 bits per heavy atom. The SMILES string of the molecule is O[C@H]1CN2CC[C@H]1C2. The maximum Gasteiger partial charge on any atom is 0.0707 e. The van der Waals surface area contributed by atoms with Crippen molar-refractivity contribution in [3.05, 3.63) is 0 Å². The molecule has 2 rings (SSSR count). The van der Waals surface area contributed by atoms with Crippen LogP contribution in [0.3, 0.4) is 0 Å². The van der Waals surface area contributed by atoms with Crippen molar-refractivity contribution < 1.29 is 5.11 Å². The molecule has 2 saturated heterocycles. The van der Waals surface area contributed by atoms with E-state index in [-0.39, 0.29) is 6.10 Å². The lowest BCUT2D eigenvalue weighted by molar-refractivity contribution is 0.118. The van der Waals surface area contributed by atoms with Gasteiger partial charge in [0.2, 0.25) is 0 Å². The molecule has 0 amide bonds. The van der Waals surface area contributed by atoms with Gasteiger partial charge in [0.1, 0.15) is 0 Å². The molecule has 8 heavy (non-hydrogen) atoms. The lowest BCUT2D eigenvalue weighted by Gasteiger charge is -2.15. The molecule has 2 nitrogen and oxygen atoms in total. The maximum absolute atomic E-state index is 9.18. The highest BCUT2D eigenvalue weighted by atomic mass is 16.3. The van der Waals surface area contributed by atoms with Gasteiger partial charge in [-0.25, -0.2) is 0 Å². The van der Waals surface area contributed by atoms with Crippen LogP contribution < -0.4 is 0 Å². The zero-order chi connectivity index (χ0) is 5.56. The van der Waals surface area contributed by atoms with Gasteiger partial charge in [-0.1, -0.05) is 0 Å². The maximum atomic E-state index is 9.18. The lowest BCUT2D eigenvalue weighted by atomic mass is 10.0. The Bertz CT molecular complexity index is 103. The van der Waals surface area contributed by atoms with Gasteiger partial charge in [-0.3, -0.25) is 0 Å². The Hall–Kier alpha value is -0.0800. The van der Waals surface area contributed by atoms with Gasteiger partial charge >= 0.3 is 0 Å². The molecular formula is C6H11NO. The Labute approximate surface area is 49.1 Å². The number of aliphatic hydroxyl groups excluding tert-OH is 1. The summed E-state index contributed by atoms with van der Waals surface area (Å²) in [6, 6.07) is 0. The average Bonchev–Trinajstić information content (AvgIpc) is 2.23. The second-order valence-corrected chi connectivity index (χ2v) is 2.88. The topological polar surface area (TPSA) is 23.5 Å². The van der Waals surface area contributed by atoms with E-state index in [0.717, 1.165) is 13.1 Å². The molecule has 2 bridgehead atoms. The second-order valence-electron chi connectivity index (χ2n) is 2.88. The third-order valence-electron chi connectivity index (χ3n) is 2.30. The molecule has 0 radical (unpaired) electrons. The first kappa shape index (κ1) is 4.77. The van der Waals surface area contributed by atoms with Crippen LogP contribution in [0.2, 0.25) is 0 Å². The molecule has 1 N–H and O–H groups in total. The van der Waals surface area contributed by atoms with Gasteiger partial charge < -0.3 is 10.0 Å². The minimum Gasteiger partial charge on any atom is -0.391 e. The van der Waals surface area contributed by atoms with Crippen LogP contribution in [0, 0.1) is 5.92 Å². The Balaban J connectivity index is 2.11. The van der Waals surface area contributed by atoms with Crippen LogP contribution in [0.15, 0.2) is 0 Å². The van der Waals surface area contributed by atoms with Crippen LogP contribution in [0.4, 0.5) is 0 Å². The normalized spacial score (nSPS) is 52.9. The van der Waals surface area contributed by atoms with Crippen molar-refractivity contribution in [1.29, 1.82) is 0 Å². The zero-order valence-corrected chi connectivity index (χ0v) is 4.88. The summed E-state index contributed by atoms with van der Waals surface area (Å²) in [5.41, 5.74) is 0. The van der Waals surface area contributed by atoms with Gasteiger partial charge in [0.15, 0.2) is 0 Å². The van der Waals surface area contributed by atoms with E-state index in [1.165, 1.54) is 13.0 Å². The summed E-state index contributed by atoms with van der Waals surface area (Å²) in [5, 5.41) is 9.18. The van der Waals surface area contributed by atoms with Crippen molar-refractivity contribution in [2.45, 2.75) is 12.5 Å². The number of fused-ring (bicyclic) bond motifs is 2. The van der Waals surface area contributed by atoms with Crippen LogP contribution >= 0.6 is 0 Å². The quantitative estimate of drug-likeness (QED) is 0.465. The number of hydrogen-bond acceptors (Lipinski definition) is 2. The summed E-state index contributed by atoms with van der Waals surface area (Å²) < 4.78 is 0. The van der Waals surface area contributed by atoms with E-state index in [4.69, 9.17) is 0 Å². The van der Waals surface area contributed by atoms with Crippen LogP contribution in [0.25, 0.3) is 0 Å². The molecule has 0 saturated carbocycles. The molecule has 1 unspecified atom stereocenters. The van der Waals surface area contributed by atoms with Gasteiger partial charge in [-0.05, 0) is 13.0 Å². The number of nitrogens with zero attached hydrogens (tertiary/aromatic N) is 1. The molecule has 2 fully saturated rings. The monoisotopic (exact) mass is 113 g/mol. The molecule has 2 heterocycles. The zero-order valence-electron chi connectivity index (χ0n) is 4.88. The van der Waals surface area contributed by atoms with Crippen LogP contribution in [-0.2, 0) is 0 Å². The minimum absolute atomic E-state index is 0.00347. The molecule has 46 valence electrons. The van der Waals surface area contributed by atoms with Gasteiger partial charge in [0, 0.05) is 19.0 Å². The fraction of sp³-hybridized carbons (Fsp3) is 1.00. The summed E-state index contributed by atoms with van der Waals surface area (Å²) in [6.45, 7) is 3.31. The molecule has 0 spiro atoms. The van der Waals surface area contributed by atoms with E-state index in [1.807, 2.05) is 0 Å². The van der Waals surface area contributed by atoms with E-state index < -0.39 is 0 Å². The second kappa shape index (κ2) is 1.45. The third kappa shape index (κ3) is 0.501. The van der Waals surface area contributed by atoms with Crippen molar-refractivity contribution >= 4 is 0 Å². The Morgan fingerprint density at radius 1 is 1.38 bits per heavy atom. The minimum atomic E-state index is 0.00347. The molecule has 0 aromatic carbocycles. The molecule has 0 aromatic rings. The largest absolute Gasteiger partial charge is 0.391 e. The average molecular weight is 113 g/mol. The highest BCUT2D eigenvalue weighted by Crippen LogP contribution is 2.27. The number of rotatable bonds is 0. The fourth-order valence-electron chi connectivity index (χ4n) is 1.76. The first-order valence-corrected chi connectivity index (χ1v) is 3.26. The summed E-state index contributed by atoms with van der Waals surface area (Å²) >= 11 is 0. The molecule has 3 atom stereocenters. The van der Waals surface area contributed by atoms with Crippen molar-refractivity contribution in [3.63, 3.8) is 0 Å². The van der Waals surface area contributed by atoms with Crippen molar-refractivity contribution in [2.24, 2.45) is 5.92 Å². The van der Waals surface area contributed by atoms with E-state index in [9.17, 15) is 5.11 Å². The highest BCUT2D eigenvalue weighted by molar-refractivity contribution is 4.89. The summed E-state index contributed by atoms with van der Waals surface area (Å²) in [7, 11) is 0. The molecular weight excluding hydrogens is 102 g/mol. The lowest BCUT2D eigenvalue weighted by Crippen LogP contribution is -2.26. The first-order chi connectivity index (χ1) is 3.86. The standard InChI is InChI=1S/C6H11NO/c8-6-4-7-2-1-5(6)3-7/h5-6,8H,1-4H2/t5-,6-/m0/s1. The summed E-state index contributed by atoms with van der Waals surface area (Å²) in [5.74, 6) is 0.620. The Kier molecular flexibility index (Phi) is 0.866. The summed E-state index contributed by atoms with van der Waals surface area (Å²) in [6.07, 6.45) is 1.23. The predicted octanol–water partition coefficient (Wildman–Crippen LogP) is -0.317. The van der Waals surface area contributed by atoms with E-state index in [2.05, 4.69) is 4.90 Å². The van der Waals surface area contributed by atoms with Crippen LogP contribution in [-0.4, -0.2) is 35.7 Å². The first-order valence-electron chi connectivity index (χ1n) is 3.26. The van der Waals surface area contributed by atoms with Crippen LogP contribution in [0.5, 0.6) is 0 Å². The van der Waals surface area contributed by atoms with E-state index in [1.54, 1.807) is 0 Å². The van der Waals surface area contributed by atoms with E-state index in [0.29, 0.717) is 5.92 Å². The van der Waals surface area contributed by atoms with Crippen LogP contribution in [0.1, 0.15) is 6.42 Å². The highest BCUT2D eigenvalue weighted by Gasteiger charge is 2.36. The Morgan fingerprint density at radius 3 is 2.50 bits per heavy atom. The number of piperidine rings is 1. The molecule has 2 aliphatic heterocycles. The molecule has 2 heteroatoms. The number of aliphatic hydroxyl groups is 1. The fourth-order valence-corrected chi connectivity index (χ4v) is 1.76. The third-order valence-corrected chi connectivity index (χ3v) is 2.30. The van der Waals surface area contributed by atoms with E-state index >= 15 is 0 Å². The van der Waals surface area contributed by atoms with Gasteiger partial charge in [-0.15, -0.1) is 0 Å².